The number of aromatic nitrogens is 2. The molecule has 142 valence electrons. The lowest BCUT2D eigenvalue weighted by Crippen LogP contribution is -2.15. The van der Waals surface area contributed by atoms with Crippen molar-refractivity contribution in [3.05, 3.63) is 28.3 Å². The number of nitrogens with zero attached hydrogens (tertiary/aromatic N) is 2. The first-order valence-electron chi connectivity index (χ1n) is 8.21. The Morgan fingerprint density at radius 3 is 2.62 bits per heavy atom. The minimum atomic E-state index is -0.215. The number of nitrogens with two attached hydrogens (primary N) is 1. The summed E-state index contributed by atoms with van der Waals surface area (Å²) in [5, 5.41) is 1.00. The van der Waals surface area contributed by atoms with Crippen LogP contribution >= 0.6 is 24.2 Å². The topological polar surface area (TPSA) is 103 Å². The summed E-state index contributed by atoms with van der Waals surface area (Å²) in [6, 6.07) is 3.67. The maximum Gasteiger partial charge on any atom is 0.258 e. The van der Waals surface area contributed by atoms with E-state index in [2.05, 4.69) is 15.0 Å². The number of hydrogen-bond donors (Lipinski definition) is 2. The molecule has 1 aromatic carbocycles. The molecule has 1 saturated carbocycles. The number of nitrogens with one attached hydrogen (secondary N) is 1. The molecule has 0 spiro atoms. The van der Waals surface area contributed by atoms with Crippen molar-refractivity contribution in [1.82, 2.24) is 9.97 Å². The third-order valence-corrected chi connectivity index (χ3v) is 5.07. The number of amidine groups is 1. The molecule has 3 rings (SSSR count). The van der Waals surface area contributed by atoms with E-state index in [-0.39, 0.29) is 18.0 Å². The van der Waals surface area contributed by atoms with Gasteiger partial charge in [0.1, 0.15) is 5.82 Å². The van der Waals surface area contributed by atoms with E-state index in [1.807, 2.05) is 0 Å². The van der Waals surface area contributed by atoms with Crippen LogP contribution in [0.1, 0.15) is 31.5 Å². The van der Waals surface area contributed by atoms with Gasteiger partial charge in [-0.05, 0) is 18.9 Å². The number of thioether (sulfide) groups is 1. The minimum absolute atomic E-state index is 0. The molecule has 0 bridgehead atoms. The maximum atomic E-state index is 12.3. The maximum absolute atomic E-state index is 12.3. The SMILES string of the molecule is COc1cc2nc(CSC(N)=NC3CCCC3)[nH]c(=O)c2cc1OC.Cl. The predicted molar refractivity (Wildman–Crippen MR) is 108 cm³/mol. The zero-order chi connectivity index (χ0) is 17.8. The van der Waals surface area contributed by atoms with E-state index < -0.39 is 0 Å². The summed E-state index contributed by atoms with van der Waals surface area (Å²) in [4.78, 5) is 24.1. The van der Waals surface area contributed by atoms with E-state index in [9.17, 15) is 4.79 Å². The molecule has 0 aliphatic heterocycles. The Morgan fingerprint density at radius 2 is 1.96 bits per heavy atom. The largest absolute Gasteiger partial charge is 0.493 e. The number of rotatable bonds is 5. The third-order valence-electron chi connectivity index (χ3n) is 4.25. The van der Waals surface area contributed by atoms with E-state index in [0.29, 0.717) is 45.2 Å². The molecule has 26 heavy (non-hydrogen) atoms. The van der Waals surface area contributed by atoms with Gasteiger partial charge in [0.25, 0.3) is 5.56 Å². The van der Waals surface area contributed by atoms with Crippen LogP contribution in [0.15, 0.2) is 21.9 Å². The van der Waals surface area contributed by atoms with Gasteiger partial charge in [0.15, 0.2) is 16.7 Å². The van der Waals surface area contributed by atoms with Crippen LogP contribution in [0.5, 0.6) is 11.5 Å². The van der Waals surface area contributed by atoms with Crippen LogP contribution in [0.25, 0.3) is 10.9 Å². The number of benzene rings is 1. The highest BCUT2D eigenvalue weighted by Gasteiger charge is 2.15. The summed E-state index contributed by atoms with van der Waals surface area (Å²) < 4.78 is 10.5. The van der Waals surface area contributed by atoms with Gasteiger partial charge in [0.05, 0.1) is 36.9 Å². The van der Waals surface area contributed by atoms with Crippen LogP contribution in [0, 0.1) is 0 Å². The van der Waals surface area contributed by atoms with E-state index in [1.165, 1.54) is 31.7 Å². The Balaban J connectivity index is 0.00000243. The number of aromatic amines is 1. The Bertz CT molecular complexity index is 850. The molecule has 9 heteroatoms. The molecule has 1 aliphatic rings. The highest BCUT2D eigenvalue weighted by molar-refractivity contribution is 8.13. The lowest BCUT2D eigenvalue weighted by molar-refractivity contribution is 0.355. The number of fused-ring (bicyclic) bond motifs is 1. The number of methoxy groups -OCH3 is 2. The molecular formula is C17H23ClN4O3S. The second-order valence-corrected chi connectivity index (χ2v) is 6.93. The van der Waals surface area contributed by atoms with Crippen molar-refractivity contribution in [2.24, 2.45) is 10.7 Å². The first kappa shape index (κ1) is 20.4. The first-order chi connectivity index (χ1) is 12.1. The lowest BCUT2D eigenvalue weighted by Gasteiger charge is -2.09. The predicted octanol–water partition coefficient (Wildman–Crippen LogP) is 2.85. The minimum Gasteiger partial charge on any atom is -0.493 e. The van der Waals surface area contributed by atoms with Crippen LogP contribution in [-0.4, -0.2) is 35.4 Å². The fraction of sp³-hybridized carbons (Fsp3) is 0.471. The Labute approximate surface area is 162 Å². The highest BCUT2D eigenvalue weighted by Crippen LogP contribution is 2.30. The van der Waals surface area contributed by atoms with Crippen molar-refractivity contribution in [1.29, 1.82) is 0 Å². The molecular weight excluding hydrogens is 376 g/mol. The molecule has 7 nitrogen and oxygen atoms in total. The summed E-state index contributed by atoms with van der Waals surface area (Å²) in [6.45, 7) is 0. The fourth-order valence-electron chi connectivity index (χ4n) is 2.98. The number of ether oxygens (including phenoxy) is 2. The molecule has 0 unspecified atom stereocenters. The molecule has 0 amide bonds. The number of aliphatic imine (C=N–C) groups is 1. The van der Waals surface area contributed by atoms with Crippen molar-refractivity contribution in [2.75, 3.05) is 14.2 Å². The quantitative estimate of drug-likeness (QED) is 0.593. The highest BCUT2D eigenvalue weighted by atomic mass is 35.5. The molecule has 0 radical (unpaired) electrons. The summed E-state index contributed by atoms with van der Waals surface area (Å²) in [5.41, 5.74) is 6.34. The molecule has 3 N–H and O–H groups in total. The number of H-pyrrole nitrogens is 1. The average molecular weight is 399 g/mol. The monoisotopic (exact) mass is 398 g/mol. The molecule has 0 saturated heterocycles. The van der Waals surface area contributed by atoms with Gasteiger partial charge in [-0.25, -0.2) is 4.98 Å². The van der Waals surface area contributed by atoms with Gasteiger partial charge in [-0.1, -0.05) is 24.6 Å². The summed E-state index contributed by atoms with van der Waals surface area (Å²) in [5.74, 6) is 2.05. The normalized spacial score (nSPS) is 15.1. The third kappa shape index (κ3) is 4.62. The standard InChI is InChI=1S/C17H22N4O3S.ClH/c1-23-13-7-11-12(8-14(13)24-2)20-15(21-16(11)22)9-25-17(18)19-10-5-3-4-6-10;/h7-8,10H,3-6,9H2,1-2H3,(H2,18,19)(H,20,21,22);1H. The lowest BCUT2D eigenvalue weighted by atomic mass is 10.2. The van der Waals surface area contributed by atoms with Gasteiger partial charge in [-0.2, -0.15) is 0 Å². The van der Waals surface area contributed by atoms with Gasteiger partial charge >= 0.3 is 0 Å². The van der Waals surface area contributed by atoms with Crippen molar-refractivity contribution in [2.45, 2.75) is 37.5 Å². The van der Waals surface area contributed by atoms with Crippen LogP contribution in [0.2, 0.25) is 0 Å². The second kappa shape index (κ2) is 9.14. The van der Waals surface area contributed by atoms with Crippen LogP contribution in [0.4, 0.5) is 0 Å². The molecule has 2 aromatic rings. The Hall–Kier alpha value is -1.93. The number of halogens is 1. The zero-order valence-corrected chi connectivity index (χ0v) is 16.4. The van der Waals surface area contributed by atoms with E-state index in [4.69, 9.17) is 15.2 Å². The van der Waals surface area contributed by atoms with Gasteiger partial charge in [-0.15, -0.1) is 12.4 Å². The van der Waals surface area contributed by atoms with E-state index >= 15 is 0 Å². The van der Waals surface area contributed by atoms with Crippen LogP contribution in [0.3, 0.4) is 0 Å². The molecule has 1 heterocycles. The van der Waals surface area contributed by atoms with Gasteiger partial charge in [0.2, 0.25) is 0 Å². The Morgan fingerprint density at radius 1 is 1.31 bits per heavy atom. The molecule has 1 fully saturated rings. The van der Waals surface area contributed by atoms with Crippen molar-refractivity contribution < 1.29 is 9.47 Å². The molecule has 0 atom stereocenters. The van der Waals surface area contributed by atoms with Gasteiger partial charge in [0, 0.05) is 6.07 Å². The summed E-state index contributed by atoms with van der Waals surface area (Å²) >= 11 is 1.39. The van der Waals surface area contributed by atoms with Crippen molar-refractivity contribution in [3.63, 3.8) is 0 Å². The van der Waals surface area contributed by atoms with Crippen LogP contribution < -0.4 is 20.8 Å². The van der Waals surface area contributed by atoms with E-state index in [1.54, 1.807) is 19.2 Å². The first-order valence-corrected chi connectivity index (χ1v) is 9.20. The number of hydrogen-bond acceptors (Lipinski definition) is 6. The fourth-order valence-corrected chi connectivity index (χ4v) is 3.62. The van der Waals surface area contributed by atoms with Crippen LogP contribution in [-0.2, 0) is 5.75 Å². The van der Waals surface area contributed by atoms with Crippen molar-refractivity contribution >= 4 is 40.2 Å². The average Bonchev–Trinajstić information content (AvgIpc) is 3.11. The summed E-state index contributed by atoms with van der Waals surface area (Å²) in [6.07, 6.45) is 4.65. The zero-order valence-electron chi connectivity index (χ0n) is 14.8. The second-order valence-electron chi connectivity index (χ2n) is 5.93. The van der Waals surface area contributed by atoms with Crippen molar-refractivity contribution in [3.8, 4) is 11.5 Å². The summed E-state index contributed by atoms with van der Waals surface area (Å²) in [7, 11) is 3.08. The van der Waals surface area contributed by atoms with Gasteiger partial charge in [-0.3, -0.25) is 9.79 Å². The Kier molecular flexibility index (Phi) is 7.16. The molecule has 1 aliphatic carbocycles. The smallest absolute Gasteiger partial charge is 0.258 e. The molecule has 1 aromatic heterocycles. The van der Waals surface area contributed by atoms with E-state index in [0.717, 1.165) is 12.8 Å². The van der Waals surface area contributed by atoms with Gasteiger partial charge < -0.3 is 20.2 Å².